The van der Waals surface area contributed by atoms with Crippen molar-refractivity contribution in [3.05, 3.63) is 40.6 Å². The molecule has 0 saturated carbocycles. The van der Waals surface area contributed by atoms with Crippen LogP contribution in [-0.4, -0.2) is 37.2 Å². The number of nitrogens with zero attached hydrogens (tertiary/aromatic N) is 3. The van der Waals surface area contributed by atoms with Gasteiger partial charge in [0.25, 0.3) is 0 Å². The first-order chi connectivity index (χ1) is 9.61. The van der Waals surface area contributed by atoms with Gasteiger partial charge >= 0.3 is 0 Å². The number of hydrogen-bond acceptors (Lipinski definition) is 4. The van der Waals surface area contributed by atoms with E-state index in [0.29, 0.717) is 0 Å². The molecule has 1 aromatic carbocycles. The van der Waals surface area contributed by atoms with Crippen LogP contribution in [-0.2, 0) is 0 Å². The Labute approximate surface area is 128 Å². The molecular formula is C15H19BrN4. The molecule has 4 nitrogen and oxygen atoms in total. The van der Waals surface area contributed by atoms with Crippen LogP contribution in [0.25, 0.3) is 11.1 Å². The SMILES string of the molecule is CNCCN(C)c1ncc(-c2cc(Br)ccc2C)cn1. The molecule has 1 heterocycles. The van der Waals surface area contributed by atoms with Crippen molar-refractivity contribution in [2.24, 2.45) is 0 Å². The maximum atomic E-state index is 4.45. The Morgan fingerprint density at radius 1 is 1.25 bits per heavy atom. The van der Waals surface area contributed by atoms with Gasteiger partial charge in [0.05, 0.1) is 0 Å². The predicted molar refractivity (Wildman–Crippen MR) is 87.1 cm³/mol. The van der Waals surface area contributed by atoms with Gasteiger partial charge in [0.2, 0.25) is 5.95 Å². The van der Waals surface area contributed by atoms with E-state index >= 15 is 0 Å². The van der Waals surface area contributed by atoms with E-state index in [4.69, 9.17) is 0 Å². The molecule has 0 bridgehead atoms. The summed E-state index contributed by atoms with van der Waals surface area (Å²) in [5, 5.41) is 3.12. The fourth-order valence-electron chi connectivity index (χ4n) is 1.94. The molecule has 1 N–H and O–H groups in total. The highest BCUT2D eigenvalue weighted by atomic mass is 79.9. The summed E-state index contributed by atoms with van der Waals surface area (Å²) in [5.41, 5.74) is 3.41. The molecule has 0 aliphatic heterocycles. The average molecular weight is 335 g/mol. The first kappa shape index (κ1) is 14.9. The summed E-state index contributed by atoms with van der Waals surface area (Å²) in [6, 6.07) is 6.23. The van der Waals surface area contributed by atoms with Crippen molar-refractivity contribution in [1.82, 2.24) is 15.3 Å². The van der Waals surface area contributed by atoms with E-state index in [1.807, 2.05) is 37.5 Å². The molecule has 0 aliphatic carbocycles. The number of likely N-dealkylation sites (N-methyl/N-ethyl adjacent to an activating group) is 2. The standard InChI is InChI=1S/C15H19BrN4/c1-11-4-5-13(16)8-14(11)12-9-18-15(19-10-12)20(3)7-6-17-2/h4-5,8-10,17H,6-7H2,1-3H3. The number of anilines is 1. The second kappa shape index (κ2) is 6.81. The van der Waals surface area contributed by atoms with Crippen molar-refractivity contribution in [1.29, 1.82) is 0 Å². The first-order valence-electron chi connectivity index (χ1n) is 6.56. The Morgan fingerprint density at radius 2 is 1.95 bits per heavy atom. The largest absolute Gasteiger partial charge is 0.343 e. The minimum Gasteiger partial charge on any atom is -0.343 e. The van der Waals surface area contributed by atoms with E-state index in [-0.39, 0.29) is 0 Å². The molecule has 0 radical (unpaired) electrons. The van der Waals surface area contributed by atoms with Crippen LogP contribution in [0.15, 0.2) is 35.1 Å². The van der Waals surface area contributed by atoms with E-state index in [2.05, 4.69) is 50.3 Å². The van der Waals surface area contributed by atoms with E-state index in [0.717, 1.165) is 34.6 Å². The summed E-state index contributed by atoms with van der Waals surface area (Å²) in [7, 11) is 3.94. The topological polar surface area (TPSA) is 41.0 Å². The number of aromatic nitrogens is 2. The molecular weight excluding hydrogens is 316 g/mol. The van der Waals surface area contributed by atoms with E-state index in [9.17, 15) is 0 Å². The zero-order valence-corrected chi connectivity index (χ0v) is 13.6. The van der Waals surface area contributed by atoms with E-state index in [1.54, 1.807) is 0 Å². The molecule has 0 amide bonds. The summed E-state index contributed by atoms with van der Waals surface area (Å²) in [5.74, 6) is 0.747. The molecule has 1 aromatic heterocycles. The summed E-state index contributed by atoms with van der Waals surface area (Å²) in [6.45, 7) is 3.88. The number of halogens is 1. The Kier molecular flexibility index (Phi) is 5.09. The van der Waals surface area contributed by atoms with Crippen LogP contribution in [0.5, 0.6) is 0 Å². The third-order valence-electron chi connectivity index (χ3n) is 3.19. The van der Waals surface area contributed by atoms with Crippen molar-refractivity contribution in [3.8, 4) is 11.1 Å². The molecule has 0 saturated heterocycles. The number of hydrogen-bond donors (Lipinski definition) is 1. The van der Waals surface area contributed by atoms with Gasteiger partial charge in [0, 0.05) is 42.6 Å². The average Bonchev–Trinajstić information content (AvgIpc) is 2.47. The lowest BCUT2D eigenvalue weighted by Gasteiger charge is -2.16. The van der Waals surface area contributed by atoms with Crippen molar-refractivity contribution in [3.63, 3.8) is 0 Å². The molecule has 106 valence electrons. The minimum absolute atomic E-state index is 0.747. The summed E-state index contributed by atoms with van der Waals surface area (Å²) >= 11 is 3.50. The van der Waals surface area contributed by atoms with Crippen LogP contribution in [0.4, 0.5) is 5.95 Å². The van der Waals surface area contributed by atoms with Crippen LogP contribution in [0, 0.1) is 6.92 Å². The van der Waals surface area contributed by atoms with E-state index in [1.165, 1.54) is 5.56 Å². The van der Waals surface area contributed by atoms with Gasteiger partial charge in [0.15, 0.2) is 0 Å². The fourth-order valence-corrected chi connectivity index (χ4v) is 2.30. The van der Waals surface area contributed by atoms with Crippen molar-refractivity contribution < 1.29 is 0 Å². The van der Waals surface area contributed by atoms with Gasteiger partial charge in [0.1, 0.15) is 0 Å². The lowest BCUT2D eigenvalue weighted by Crippen LogP contribution is -2.28. The maximum Gasteiger partial charge on any atom is 0.225 e. The third-order valence-corrected chi connectivity index (χ3v) is 3.68. The molecule has 20 heavy (non-hydrogen) atoms. The second-order valence-electron chi connectivity index (χ2n) is 4.76. The van der Waals surface area contributed by atoms with Gasteiger partial charge in [-0.3, -0.25) is 0 Å². The smallest absolute Gasteiger partial charge is 0.225 e. The number of nitrogens with one attached hydrogen (secondary N) is 1. The van der Waals surface area contributed by atoms with Gasteiger partial charge in [-0.15, -0.1) is 0 Å². The normalized spacial score (nSPS) is 10.6. The van der Waals surface area contributed by atoms with Crippen molar-refractivity contribution in [2.45, 2.75) is 6.92 Å². The Bertz CT molecular complexity index is 569. The molecule has 0 aliphatic rings. The monoisotopic (exact) mass is 334 g/mol. The zero-order chi connectivity index (χ0) is 14.5. The Balaban J connectivity index is 2.21. The van der Waals surface area contributed by atoms with Crippen LogP contribution in [0.2, 0.25) is 0 Å². The molecule has 0 atom stereocenters. The second-order valence-corrected chi connectivity index (χ2v) is 5.67. The third kappa shape index (κ3) is 3.55. The van der Waals surface area contributed by atoms with Crippen molar-refractivity contribution >= 4 is 21.9 Å². The predicted octanol–water partition coefficient (Wildman–Crippen LogP) is 2.87. The van der Waals surface area contributed by atoms with E-state index < -0.39 is 0 Å². The highest BCUT2D eigenvalue weighted by Gasteiger charge is 2.07. The molecule has 5 heteroatoms. The van der Waals surface area contributed by atoms with Crippen molar-refractivity contribution in [2.75, 3.05) is 32.1 Å². The number of rotatable bonds is 5. The highest BCUT2D eigenvalue weighted by molar-refractivity contribution is 9.10. The summed E-state index contributed by atoms with van der Waals surface area (Å²) in [4.78, 5) is 10.9. The van der Waals surface area contributed by atoms with Gasteiger partial charge in [-0.1, -0.05) is 22.0 Å². The first-order valence-corrected chi connectivity index (χ1v) is 7.35. The van der Waals surface area contributed by atoms with Gasteiger partial charge in [-0.2, -0.15) is 0 Å². The molecule has 0 unspecified atom stereocenters. The van der Waals surface area contributed by atoms with Crippen LogP contribution < -0.4 is 10.2 Å². The summed E-state index contributed by atoms with van der Waals surface area (Å²) in [6.07, 6.45) is 3.76. The van der Waals surface area contributed by atoms with Crippen LogP contribution in [0.3, 0.4) is 0 Å². The molecule has 0 fully saturated rings. The lowest BCUT2D eigenvalue weighted by atomic mass is 10.0. The quantitative estimate of drug-likeness (QED) is 0.912. The Hall–Kier alpha value is -1.46. The van der Waals surface area contributed by atoms with Gasteiger partial charge in [-0.05, 0) is 37.2 Å². The number of aryl methyl sites for hydroxylation is 1. The lowest BCUT2D eigenvalue weighted by molar-refractivity contribution is 0.753. The number of benzene rings is 1. The van der Waals surface area contributed by atoms with Gasteiger partial charge < -0.3 is 10.2 Å². The fraction of sp³-hybridized carbons (Fsp3) is 0.333. The minimum atomic E-state index is 0.747. The van der Waals surface area contributed by atoms with Crippen LogP contribution >= 0.6 is 15.9 Å². The van der Waals surface area contributed by atoms with Crippen LogP contribution in [0.1, 0.15) is 5.56 Å². The zero-order valence-electron chi connectivity index (χ0n) is 12.0. The molecule has 0 spiro atoms. The van der Waals surface area contributed by atoms with Gasteiger partial charge in [-0.25, -0.2) is 9.97 Å². The molecule has 2 aromatic rings. The summed E-state index contributed by atoms with van der Waals surface area (Å²) < 4.78 is 1.06. The maximum absolute atomic E-state index is 4.45. The molecule has 2 rings (SSSR count). The highest BCUT2D eigenvalue weighted by Crippen LogP contribution is 2.26. The Morgan fingerprint density at radius 3 is 2.60 bits per heavy atom.